The minimum Gasteiger partial charge on any atom is -0.325 e. The molecule has 25 heavy (non-hydrogen) atoms. The molecule has 1 heterocycles. The van der Waals surface area contributed by atoms with E-state index in [1.54, 1.807) is 31.2 Å². The van der Waals surface area contributed by atoms with Gasteiger partial charge in [0.05, 0.1) is 16.3 Å². The first kappa shape index (κ1) is 18.1. The summed E-state index contributed by atoms with van der Waals surface area (Å²) in [5, 5.41) is 3.24. The number of hydrogen-bond acceptors (Lipinski definition) is 4. The van der Waals surface area contributed by atoms with E-state index in [1.807, 2.05) is 6.92 Å². The van der Waals surface area contributed by atoms with Crippen LogP contribution in [0.5, 0.6) is 0 Å². The highest BCUT2D eigenvalue weighted by Crippen LogP contribution is 2.34. The molecule has 0 aliphatic carbocycles. The van der Waals surface area contributed by atoms with Crippen LogP contribution in [0.15, 0.2) is 46.2 Å². The molecule has 2 N–H and O–H groups in total. The first-order valence-corrected chi connectivity index (χ1v) is 10.5. The average molecular weight is 397 g/mol. The van der Waals surface area contributed by atoms with Crippen LogP contribution in [0.3, 0.4) is 0 Å². The number of nitrogens with one attached hydrogen (secondary N) is 2. The first-order valence-electron chi connectivity index (χ1n) is 7.63. The van der Waals surface area contributed by atoms with Crippen molar-refractivity contribution in [3.8, 4) is 0 Å². The number of aryl methyl sites for hydroxylation is 1. The van der Waals surface area contributed by atoms with Gasteiger partial charge in [-0.2, -0.15) is 0 Å². The van der Waals surface area contributed by atoms with Gasteiger partial charge in [0.2, 0.25) is 5.91 Å². The summed E-state index contributed by atoms with van der Waals surface area (Å²) < 4.78 is 28.0. The Labute approximate surface area is 156 Å². The van der Waals surface area contributed by atoms with Crippen LogP contribution in [0.1, 0.15) is 12.5 Å². The zero-order valence-corrected chi connectivity index (χ0v) is 16.1. The third-order valence-corrected chi connectivity index (χ3v) is 6.83. The average Bonchev–Trinajstić information content (AvgIpc) is 2.69. The van der Waals surface area contributed by atoms with E-state index in [1.165, 1.54) is 23.9 Å². The molecule has 0 unspecified atom stereocenters. The lowest BCUT2D eigenvalue weighted by atomic mass is 10.2. The number of thioether (sulfide) groups is 1. The Morgan fingerprint density at radius 1 is 1.24 bits per heavy atom. The maximum Gasteiger partial charge on any atom is 0.261 e. The van der Waals surface area contributed by atoms with Crippen LogP contribution in [0, 0.1) is 12.8 Å². The van der Waals surface area contributed by atoms with Gasteiger partial charge in [-0.3, -0.25) is 9.52 Å². The molecule has 0 radical (unpaired) electrons. The Morgan fingerprint density at radius 3 is 2.76 bits per heavy atom. The molecule has 3 rings (SSSR count). The number of carbonyl (C=O) groups is 1. The molecule has 2 aromatic carbocycles. The lowest BCUT2D eigenvalue weighted by molar-refractivity contribution is -0.118. The molecule has 8 heteroatoms. The second-order valence-corrected chi connectivity index (χ2v) is 9.10. The summed E-state index contributed by atoms with van der Waals surface area (Å²) in [6, 6.07) is 9.76. The van der Waals surface area contributed by atoms with E-state index in [2.05, 4.69) is 10.0 Å². The quantitative estimate of drug-likeness (QED) is 0.817. The number of halogens is 1. The Balaban J connectivity index is 1.95. The number of anilines is 2. The van der Waals surface area contributed by atoms with Crippen LogP contribution in [0.25, 0.3) is 0 Å². The van der Waals surface area contributed by atoms with E-state index in [4.69, 9.17) is 11.6 Å². The predicted molar refractivity (Wildman–Crippen MR) is 102 cm³/mol. The molecule has 0 saturated heterocycles. The van der Waals surface area contributed by atoms with Crippen LogP contribution in [-0.4, -0.2) is 20.1 Å². The smallest absolute Gasteiger partial charge is 0.261 e. The number of benzene rings is 2. The Morgan fingerprint density at radius 2 is 2.00 bits per heavy atom. The summed E-state index contributed by atoms with van der Waals surface area (Å²) in [4.78, 5) is 12.9. The fraction of sp³-hybridized carbons (Fsp3) is 0.235. The molecule has 1 amide bonds. The molecule has 1 aliphatic rings. The topological polar surface area (TPSA) is 75.3 Å². The van der Waals surface area contributed by atoms with Gasteiger partial charge in [-0.15, -0.1) is 11.8 Å². The standard InChI is InChI=1S/C17H17ClN2O3S2/c1-10-3-4-12(18)7-14(10)20-25(22,23)13-5-6-16-15(8-13)19-17(21)11(2)9-24-16/h3-8,11,20H,9H2,1-2H3,(H,19,21)/t11-/m0/s1. The molecule has 0 saturated carbocycles. The van der Waals surface area contributed by atoms with Crippen LogP contribution in [0.2, 0.25) is 5.02 Å². The lowest BCUT2D eigenvalue weighted by Gasteiger charge is -2.13. The maximum absolute atomic E-state index is 12.7. The van der Waals surface area contributed by atoms with Gasteiger partial charge in [0.1, 0.15) is 0 Å². The normalized spacial score (nSPS) is 17.4. The van der Waals surface area contributed by atoms with Crippen LogP contribution in [0.4, 0.5) is 11.4 Å². The highest BCUT2D eigenvalue weighted by atomic mass is 35.5. The van der Waals surface area contributed by atoms with E-state index in [0.29, 0.717) is 22.2 Å². The van der Waals surface area contributed by atoms with Crippen LogP contribution >= 0.6 is 23.4 Å². The zero-order valence-electron chi connectivity index (χ0n) is 13.7. The van der Waals surface area contributed by atoms with Crippen molar-refractivity contribution in [3.63, 3.8) is 0 Å². The van der Waals surface area contributed by atoms with Crippen molar-refractivity contribution < 1.29 is 13.2 Å². The van der Waals surface area contributed by atoms with Crippen LogP contribution < -0.4 is 10.0 Å². The van der Waals surface area contributed by atoms with Gasteiger partial charge in [-0.05, 0) is 42.8 Å². The lowest BCUT2D eigenvalue weighted by Crippen LogP contribution is -2.20. The van der Waals surface area contributed by atoms with Crippen molar-refractivity contribution in [2.24, 2.45) is 5.92 Å². The number of sulfonamides is 1. The maximum atomic E-state index is 12.7. The first-order chi connectivity index (χ1) is 11.8. The SMILES string of the molecule is Cc1ccc(Cl)cc1NS(=O)(=O)c1ccc2c(c1)NC(=O)[C@@H](C)CS2. The predicted octanol–water partition coefficient (Wildman–Crippen LogP) is 4.13. The van der Waals surface area contributed by atoms with Gasteiger partial charge < -0.3 is 5.32 Å². The molecule has 132 valence electrons. The molecule has 5 nitrogen and oxygen atoms in total. The molecule has 0 spiro atoms. The van der Waals surface area contributed by atoms with Gasteiger partial charge >= 0.3 is 0 Å². The van der Waals surface area contributed by atoms with Crippen molar-refractivity contribution in [2.75, 3.05) is 15.8 Å². The molecule has 2 aromatic rings. The molecule has 1 aliphatic heterocycles. The monoisotopic (exact) mass is 396 g/mol. The summed E-state index contributed by atoms with van der Waals surface area (Å²) in [5.74, 6) is 0.411. The van der Waals surface area contributed by atoms with Crippen molar-refractivity contribution in [3.05, 3.63) is 47.0 Å². The third-order valence-electron chi connectivity index (χ3n) is 3.90. The van der Waals surface area contributed by atoms with Gasteiger partial charge in [0.15, 0.2) is 0 Å². The number of rotatable bonds is 3. The highest BCUT2D eigenvalue weighted by Gasteiger charge is 2.23. The van der Waals surface area contributed by atoms with Crippen molar-refractivity contribution in [1.82, 2.24) is 0 Å². The number of carbonyl (C=O) groups excluding carboxylic acids is 1. The second-order valence-electron chi connectivity index (χ2n) is 5.92. The van der Waals surface area contributed by atoms with Gasteiger partial charge in [-0.1, -0.05) is 24.6 Å². The highest BCUT2D eigenvalue weighted by molar-refractivity contribution is 7.99. The van der Waals surface area contributed by atoms with Crippen molar-refractivity contribution >= 4 is 50.7 Å². The largest absolute Gasteiger partial charge is 0.325 e. The van der Waals surface area contributed by atoms with Gasteiger partial charge in [-0.25, -0.2) is 8.42 Å². The fourth-order valence-electron chi connectivity index (χ4n) is 2.35. The van der Waals surface area contributed by atoms with Crippen molar-refractivity contribution in [2.45, 2.75) is 23.6 Å². The minimum absolute atomic E-state index is 0.0843. The molecule has 0 aromatic heterocycles. The number of amides is 1. The Hall–Kier alpha value is -1.70. The van der Waals surface area contributed by atoms with E-state index in [-0.39, 0.29) is 16.7 Å². The molecular formula is C17H17ClN2O3S2. The van der Waals surface area contributed by atoms with E-state index in [0.717, 1.165) is 10.5 Å². The summed E-state index contributed by atoms with van der Waals surface area (Å²) in [6.45, 7) is 3.64. The second kappa shape index (κ2) is 6.90. The van der Waals surface area contributed by atoms with E-state index in [9.17, 15) is 13.2 Å². The molecular weight excluding hydrogens is 380 g/mol. The van der Waals surface area contributed by atoms with E-state index >= 15 is 0 Å². The van der Waals surface area contributed by atoms with Crippen LogP contribution in [-0.2, 0) is 14.8 Å². The van der Waals surface area contributed by atoms with Gasteiger partial charge in [0, 0.05) is 21.6 Å². The summed E-state index contributed by atoms with van der Waals surface area (Å²) in [5.41, 5.74) is 1.71. The molecule has 0 fully saturated rings. The summed E-state index contributed by atoms with van der Waals surface area (Å²) >= 11 is 7.48. The van der Waals surface area contributed by atoms with Crippen molar-refractivity contribution in [1.29, 1.82) is 0 Å². The fourth-order valence-corrected chi connectivity index (χ4v) is 4.68. The Bertz CT molecular complexity index is 945. The molecule has 0 bridgehead atoms. The molecule has 1 atom stereocenters. The third kappa shape index (κ3) is 3.94. The zero-order chi connectivity index (χ0) is 18.2. The summed E-state index contributed by atoms with van der Waals surface area (Å²) in [6.07, 6.45) is 0. The summed E-state index contributed by atoms with van der Waals surface area (Å²) in [7, 11) is -3.80. The van der Waals surface area contributed by atoms with Gasteiger partial charge in [0.25, 0.3) is 10.0 Å². The minimum atomic E-state index is -3.80. The number of fused-ring (bicyclic) bond motifs is 1. The van der Waals surface area contributed by atoms with E-state index < -0.39 is 10.0 Å². The Kier molecular flexibility index (Phi) is 4.99. The number of hydrogen-bond donors (Lipinski definition) is 2.